The monoisotopic (exact) mass is 186 g/mol. The van der Waals surface area contributed by atoms with E-state index in [0.717, 1.165) is 0 Å². The average molecular weight is 187 g/mol. The van der Waals surface area contributed by atoms with Crippen molar-refractivity contribution in [1.29, 1.82) is 0 Å². The number of aromatic nitrogens is 1. The van der Waals surface area contributed by atoms with E-state index >= 15 is 0 Å². The van der Waals surface area contributed by atoms with Gasteiger partial charge in [0.2, 0.25) is 0 Å². The molecule has 0 aliphatic heterocycles. The van der Waals surface area contributed by atoms with Gasteiger partial charge >= 0.3 is 0 Å². The zero-order chi connectivity index (χ0) is 9.30. The Morgan fingerprint density at radius 1 is 1.75 bits per heavy atom. The third-order valence-electron chi connectivity index (χ3n) is 1.37. The molecule has 1 heterocycles. The van der Waals surface area contributed by atoms with E-state index in [1.54, 1.807) is 0 Å². The Bertz CT molecular complexity index is 315. The first-order valence-corrected chi connectivity index (χ1v) is 3.56. The third-order valence-corrected chi connectivity index (χ3v) is 1.66. The number of hydrogen-bond donors (Lipinski definition) is 2. The molecule has 0 spiro atoms. The van der Waals surface area contributed by atoms with Crippen molar-refractivity contribution in [2.24, 2.45) is 5.73 Å². The van der Waals surface area contributed by atoms with Gasteiger partial charge in [0.1, 0.15) is 5.69 Å². The minimum absolute atomic E-state index is 0.0512. The van der Waals surface area contributed by atoms with Gasteiger partial charge in [-0.3, -0.25) is 4.79 Å². The number of aromatic hydroxyl groups is 1. The van der Waals surface area contributed by atoms with Crippen LogP contribution in [-0.4, -0.2) is 16.0 Å². The molecule has 0 aliphatic carbocycles. The lowest BCUT2D eigenvalue weighted by molar-refractivity contribution is 0.0995. The van der Waals surface area contributed by atoms with Gasteiger partial charge in [0, 0.05) is 0 Å². The van der Waals surface area contributed by atoms with E-state index in [9.17, 15) is 4.79 Å². The summed E-state index contributed by atoms with van der Waals surface area (Å²) in [4.78, 5) is 14.4. The molecule has 64 valence electrons. The van der Waals surface area contributed by atoms with E-state index in [4.69, 9.17) is 22.4 Å². The summed E-state index contributed by atoms with van der Waals surface area (Å²) in [5.41, 5.74) is 5.30. The summed E-state index contributed by atoms with van der Waals surface area (Å²) < 4.78 is 0. The molecule has 1 aromatic heterocycles. The molecule has 0 aromatic carbocycles. The summed E-state index contributed by atoms with van der Waals surface area (Å²) in [6.07, 6.45) is 0. The molecule has 3 N–H and O–H groups in total. The highest BCUT2D eigenvalue weighted by molar-refractivity contribution is 6.32. The Kier molecular flexibility index (Phi) is 2.19. The zero-order valence-corrected chi connectivity index (χ0v) is 7.09. The van der Waals surface area contributed by atoms with Crippen LogP contribution in [0.3, 0.4) is 0 Å². The maximum Gasteiger partial charge on any atom is 0.267 e. The number of carbonyl (C=O) groups is 1. The Hall–Kier alpha value is -1.29. The SMILES string of the molecule is Cc1nc(C(N)=O)cc(Cl)c1O. The number of hydrogen-bond acceptors (Lipinski definition) is 3. The van der Waals surface area contributed by atoms with Gasteiger partial charge in [0.15, 0.2) is 5.75 Å². The number of nitrogens with zero attached hydrogens (tertiary/aromatic N) is 1. The topological polar surface area (TPSA) is 76.2 Å². The molecule has 1 rings (SSSR count). The minimum Gasteiger partial charge on any atom is -0.505 e. The number of amides is 1. The predicted molar refractivity (Wildman–Crippen MR) is 44.2 cm³/mol. The van der Waals surface area contributed by atoms with E-state index in [1.165, 1.54) is 13.0 Å². The molecule has 5 heteroatoms. The molecular formula is C7H7ClN2O2. The molecule has 1 aromatic rings. The van der Waals surface area contributed by atoms with Gasteiger partial charge in [-0.05, 0) is 13.0 Å². The van der Waals surface area contributed by atoms with Gasteiger partial charge in [-0.25, -0.2) is 4.98 Å². The molecule has 4 nitrogen and oxygen atoms in total. The van der Waals surface area contributed by atoms with Crippen molar-refractivity contribution >= 4 is 17.5 Å². The summed E-state index contributed by atoms with van der Waals surface area (Å²) in [5, 5.41) is 9.25. The van der Waals surface area contributed by atoms with E-state index in [1.807, 2.05) is 0 Å². The molecule has 0 aliphatic rings. The maximum atomic E-state index is 10.6. The van der Waals surface area contributed by atoms with E-state index < -0.39 is 5.91 Å². The number of nitrogens with two attached hydrogens (primary N) is 1. The van der Waals surface area contributed by atoms with Crippen molar-refractivity contribution in [2.45, 2.75) is 6.92 Å². The molecule has 0 bridgehead atoms. The smallest absolute Gasteiger partial charge is 0.267 e. The molecular weight excluding hydrogens is 180 g/mol. The van der Waals surface area contributed by atoms with Crippen LogP contribution >= 0.6 is 11.6 Å². The molecule has 0 fully saturated rings. The van der Waals surface area contributed by atoms with Crippen molar-refractivity contribution in [3.63, 3.8) is 0 Å². The summed E-state index contributed by atoms with van der Waals surface area (Å²) in [7, 11) is 0. The first-order valence-electron chi connectivity index (χ1n) is 3.18. The quantitative estimate of drug-likeness (QED) is 0.683. The summed E-state index contributed by atoms with van der Waals surface area (Å²) in [6.45, 7) is 1.54. The van der Waals surface area contributed by atoms with Crippen LogP contribution in [0, 0.1) is 6.92 Å². The lowest BCUT2D eigenvalue weighted by Crippen LogP contribution is -2.13. The highest BCUT2D eigenvalue weighted by Gasteiger charge is 2.09. The van der Waals surface area contributed by atoms with Crippen molar-refractivity contribution in [1.82, 2.24) is 4.98 Å². The van der Waals surface area contributed by atoms with Crippen LogP contribution in [0.5, 0.6) is 5.75 Å². The number of halogens is 1. The minimum atomic E-state index is -0.667. The Morgan fingerprint density at radius 3 is 2.75 bits per heavy atom. The van der Waals surface area contributed by atoms with Crippen LogP contribution in [0.25, 0.3) is 0 Å². The second-order valence-corrected chi connectivity index (χ2v) is 2.69. The van der Waals surface area contributed by atoms with Crippen LogP contribution in [-0.2, 0) is 0 Å². The highest BCUT2D eigenvalue weighted by atomic mass is 35.5. The first-order chi connectivity index (χ1) is 5.52. The second-order valence-electron chi connectivity index (χ2n) is 2.29. The zero-order valence-electron chi connectivity index (χ0n) is 6.34. The number of rotatable bonds is 1. The fourth-order valence-corrected chi connectivity index (χ4v) is 0.993. The summed E-state index contributed by atoms with van der Waals surface area (Å²) in [6, 6.07) is 1.23. The molecule has 0 saturated carbocycles. The van der Waals surface area contributed by atoms with Crippen LogP contribution in [0.1, 0.15) is 16.2 Å². The van der Waals surface area contributed by atoms with E-state index in [-0.39, 0.29) is 22.2 Å². The third kappa shape index (κ3) is 1.48. The van der Waals surface area contributed by atoms with Gasteiger partial charge in [-0.1, -0.05) is 11.6 Å². The van der Waals surface area contributed by atoms with Crippen molar-refractivity contribution < 1.29 is 9.90 Å². The van der Waals surface area contributed by atoms with Crippen molar-refractivity contribution in [2.75, 3.05) is 0 Å². The normalized spacial score (nSPS) is 9.83. The van der Waals surface area contributed by atoms with Crippen LogP contribution < -0.4 is 5.73 Å². The molecule has 0 radical (unpaired) electrons. The number of primary amides is 1. The molecule has 0 atom stereocenters. The van der Waals surface area contributed by atoms with E-state index in [2.05, 4.69) is 4.98 Å². The van der Waals surface area contributed by atoms with Crippen LogP contribution in [0.2, 0.25) is 5.02 Å². The van der Waals surface area contributed by atoms with Crippen molar-refractivity contribution in [3.8, 4) is 5.75 Å². The lowest BCUT2D eigenvalue weighted by atomic mass is 10.3. The second kappa shape index (κ2) is 2.98. The number of carbonyl (C=O) groups excluding carboxylic acids is 1. The van der Waals surface area contributed by atoms with E-state index in [0.29, 0.717) is 0 Å². The fourth-order valence-electron chi connectivity index (χ4n) is 0.753. The first kappa shape index (κ1) is 8.80. The van der Waals surface area contributed by atoms with Gasteiger partial charge in [0.25, 0.3) is 5.91 Å². The Labute approximate surface area is 74.0 Å². The predicted octanol–water partition coefficient (Wildman–Crippen LogP) is 0.848. The fraction of sp³-hybridized carbons (Fsp3) is 0.143. The highest BCUT2D eigenvalue weighted by Crippen LogP contribution is 2.25. The van der Waals surface area contributed by atoms with Crippen LogP contribution in [0.15, 0.2) is 6.07 Å². The lowest BCUT2D eigenvalue weighted by Gasteiger charge is -2.01. The largest absolute Gasteiger partial charge is 0.505 e. The number of aryl methyl sites for hydroxylation is 1. The van der Waals surface area contributed by atoms with Gasteiger partial charge < -0.3 is 10.8 Å². The van der Waals surface area contributed by atoms with Crippen molar-refractivity contribution in [3.05, 3.63) is 22.5 Å². The number of pyridine rings is 1. The average Bonchev–Trinajstić information content (AvgIpc) is 1.99. The maximum absolute atomic E-state index is 10.6. The Morgan fingerprint density at radius 2 is 2.33 bits per heavy atom. The summed E-state index contributed by atoms with van der Waals surface area (Å²) >= 11 is 5.57. The van der Waals surface area contributed by atoms with Crippen LogP contribution in [0.4, 0.5) is 0 Å². The van der Waals surface area contributed by atoms with Gasteiger partial charge in [-0.2, -0.15) is 0 Å². The van der Waals surface area contributed by atoms with Gasteiger partial charge in [0.05, 0.1) is 10.7 Å². The molecule has 0 saturated heterocycles. The summed E-state index contributed by atoms with van der Waals surface area (Å²) in [5.74, 6) is -0.790. The molecule has 0 unspecified atom stereocenters. The Balaban J connectivity index is 3.31. The molecule has 12 heavy (non-hydrogen) atoms. The van der Waals surface area contributed by atoms with Gasteiger partial charge in [-0.15, -0.1) is 0 Å². The molecule has 1 amide bonds. The standard InChI is InChI=1S/C7H7ClN2O2/c1-3-6(11)4(8)2-5(10-3)7(9)12/h2,11H,1H3,(H2,9,12).